The Labute approximate surface area is 193 Å². The first kappa shape index (κ1) is 22.3. The minimum atomic E-state index is -1.50. The van der Waals surface area contributed by atoms with E-state index in [1.54, 1.807) is 24.3 Å². The van der Waals surface area contributed by atoms with Gasteiger partial charge >= 0.3 is 5.97 Å². The van der Waals surface area contributed by atoms with Gasteiger partial charge in [0.1, 0.15) is 0 Å². The highest BCUT2D eigenvalue weighted by atomic mass is 16.5. The molecule has 2 aliphatic heterocycles. The molecule has 166 valence electrons. The molecule has 1 saturated heterocycles. The Morgan fingerprint density at radius 1 is 1.03 bits per heavy atom. The molecule has 2 aromatic rings. The van der Waals surface area contributed by atoms with Gasteiger partial charge in [0.2, 0.25) is 0 Å². The fraction of sp³-hybridized carbons (Fsp3) is 0.333. The lowest BCUT2D eigenvalue weighted by atomic mass is 9.67. The number of benzene rings is 2. The van der Waals surface area contributed by atoms with Gasteiger partial charge < -0.3 is 9.64 Å². The Kier molecular flexibility index (Phi) is 5.34. The van der Waals surface area contributed by atoms with Crippen LogP contribution in [0.5, 0.6) is 0 Å². The van der Waals surface area contributed by atoms with Crippen LogP contribution in [0.1, 0.15) is 48.2 Å². The second kappa shape index (κ2) is 7.90. The SMILES string of the molecule is COC(=O)c1ccc(C2C(C(=O)C(C)(C)C)N3c4ccccc4C=CC3C2(C#N)C#N)cc1. The van der Waals surface area contributed by atoms with Crippen LogP contribution < -0.4 is 4.90 Å². The van der Waals surface area contributed by atoms with E-state index in [1.807, 2.05) is 62.1 Å². The van der Waals surface area contributed by atoms with Crippen molar-refractivity contribution in [2.45, 2.75) is 38.8 Å². The number of Topliss-reactive ketones (excluding diaryl/α,β-unsaturated/α-hetero) is 1. The maximum Gasteiger partial charge on any atom is 0.337 e. The van der Waals surface area contributed by atoms with Gasteiger partial charge in [-0.2, -0.15) is 10.5 Å². The number of esters is 1. The highest BCUT2D eigenvalue weighted by Gasteiger charge is 2.64. The van der Waals surface area contributed by atoms with E-state index >= 15 is 0 Å². The second-order valence-corrected chi connectivity index (χ2v) is 9.51. The molecule has 0 saturated carbocycles. The largest absolute Gasteiger partial charge is 0.465 e. The molecule has 4 rings (SSSR count). The average Bonchev–Trinajstić information content (AvgIpc) is 3.13. The van der Waals surface area contributed by atoms with Crippen LogP contribution in [0.3, 0.4) is 0 Å². The topological polar surface area (TPSA) is 94.2 Å². The van der Waals surface area contributed by atoms with Crippen LogP contribution in [0.2, 0.25) is 0 Å². The molecule has 0 radical (unpaired) electrons. The first-order valence-electron chi connectivity index (χ1n) is 10.8. The van der Waals surface area contributed by atoms with Gasteiger partial charge in [0.15, 0.2) is 11.2 Å². The number of methoxy groups -OCH3 is 1. The first-order valence-corrected chi connectivity index (χ1v) is 10.8. The Hall–Kier alpha value is -3.90. The normalized spacial score (nSPS) is 22.5. The summed E-state index contributed by atoms with van der Waals surface area (Å²) in [6.45, 7) is 5.56. The molecule has 2 heterocycles. The number of ether oxygens (including phenoxy) is 1. The van der Waals surface area contributed by atoms with Crippen molar-refractivity contribution < 1.29 is 14.3 Å². The van der Waals surface area contributed by atoms with E-state index < -0.39 is 34.8 Å². The van der Waals surface area contributed by atoms with E-state index in [2.05, 4.69) is 12.1 Å². The highest BCUT2D eigenvalue weighted by Crippen LogP contribution is 2.56. The number of nitriles is 2. The summed E-state index contributed by atoms with van der Waals surface area (Å²) < 4.78 is 4.79. The summed E-state index contributed by atoms with van der Waals surface area (Å²) >= 11 is 0. The molecule has 2 aromatic carbocycles. The standard InChI is InChI=1S/C27H25N3O3/c1-26(2,3)24(31)23-22(18-9-11-19(12-10-18)25(32)33-4)27(15-28,16-29)21-14-13-17-7-5-6-8-20(17)30(21)23/h5-14,21-23H,1-4H3. The van der Waals surface area contributed by atoms with Crippen LogP contribution in [0.25, 0.3) is 6.08 Å². The zero-order valence-electron chi connectivity index (χ0n) is 19.1. The van der Waals surface area contributed by atoms with Crippen molar-refractivity contribution in [1.29, 1.82) is 10.5 Å². The lowest BCUT2D eigenvalue weighted by Gasteiger charge is -2.37. The van der Waals surface area contributed by atoms with Gasteiger partial charge in [0.05, 0.1) is 36.9 Å². The van der Waals surface area contributed by atoms with Gasteiger partial charge in [-0.1, -0.05) is 63.3 Å². The van der Waals surface area contributed by atoms with Crippen molar-refractivity contribution in [1.82, 2.24) is 0 Å². The Morgan fingerprint density at radius 3 is 2.24 bits per heavy atom. The number of fused-ring (bicyclic) bond motifs is 3. The molecule has 0 aromatic heterocycles. The molecule has 3 atom stereocenters. The highest BCUT2D eigenvalue weighted by molar-refractivity contribution is 5.96. The molecule has 0 spiro atoms. The van der Waals surface area contributed by atoms with E-state index in [4.69, 9.17) is 4.74 Å². The average molecular weight is 440 g/mol. The van der Waals surface area contributed by atoms with Gasteiger partial charge in [-0.25, -0.2) is 4.79 Å². The molecule has 3 unspecified atom stereocenters. The molecule has 0 aliphatic carbocycles. The zero-order chi connectivity index (χ0) is 24.0. The fourth-order valence-electron chi connectivity index (χ4n) is 5.00. The molecule has 0 N–H and O–H groups in total. The van der Waals surface area contributed by atoms with Crippen LogP contribution in [0.4, 0.5) is 5.69 Å². The number of ketones is 1. The molecular weight excluding hydrogens is 414 g/mol. The lowest BCUT2D eigenvalue weighted by molar-refractivity contribution is -0.127. The third-order valence-electron chi connectivity index (χ3n) is 6.61. The third-order valence-corrected chi connectivity index (χ3v) is 6.61. The quantitative estimate of drug-likeness (QED) is 0.654. The number of hydrogen-bond donors (Lipinski definition) is 0. The number of carbonyl (C=O) groups excluding carboxylic acids is 2. The van der Waals surface area contributed by atoms with Crippen molar-refractivity contribution in [3.8, 4) is 12.1 Å². The number of rotatable bonds is 3. The number of anilines is 1. The van der Waals surface area contributed by atoms with Crippen molar-refractivity contribution in [2.75, 3.05) is 12.0 Å². The maximum absolute atomic E-state index is 13.9. The van der Waals surface area contributed by atoms with Crippen LogP contribution in [-0.2, 0) is 9.53 Å². The summed E-state index contributed by atoms with van der Waals surface area (Å²) in [5.74, 6) is -1.24. The van der Waals surface area contributed by atoms with Gasteiger partial charge in [-0.3, -0.25) is 4.79 Å². The molecule has 1 fully saturated rings. The molecular formula is C27H25N3O3. The third kappa shape index (κ3) is 3.31. The van der Waals surface area contributed by atoms with Gasteiger partial charge in [0.25, 0.3) is 0 Å². The smallest absolute Gasteiger partial charge is 0.337 e. The monoisotopic (exact) mass is 439 g/mol. The number of para-hydroxylation sites is 1. The predicted octanol–water partition coefficient (Wildman–Crippen LogP) is 4.49. The van der Waals surface area contributed by atoms with Crippen molar-refractivity contribution >= 4 is 23.5 Å². The Balaban J connectivity index is 1.97. The summed E-state index contributed by atoms with van der Waals surface area (Å²) in [5.41, 5.74) is 0.593. The van der Waals surface area contributed by atoms with Crippen LogP contribution in [0.15, 0.2) is 54.6 Å². The summed E-state index contributed by atoms with van der Waals surface area (Å²) in [7, 11) is 1.31. The van der Waals surface area contributed by atoms with Crippen LogP contribution in [-0.4, -0.2) is 30.9 Å². The molecule has 6 heteroatoms. The minimum Gasteiger partial charge on any atom is -0.465 e. The van der Waals surface area contributed by atoms with Crippen molar-refractivity contribution in [3.05, 3.63) is 71.3 Å². The van der Waals surface area contributed by atoms with Gasteiger partial charge in [0, 0.05) is 17.0 Å². The summed E-state index contributed by atoms with van der Waals surface area (Å²) in [5, 5.41) is 20.8. The van der Waals surface area contributed by atoms with Crippen molar-refractivity contribution in [2.24, 2.45) is 10.8 Å². The molecule has 33 heavy (non-hydrogen) atoms. The zero-order valence-corrected chi connectivity index (χ0v) is 19.1. The summed E-state index contributed by atoms with van der Waals surface area (Å²) in [6, 6.07) is 17.6. The van der Waals surface area contributed by atoms with Gasteiger partial charge in [-0.15, -0.1) is 0 Å². The maximum atomic E-state index is 13.9. The summed E-state index contributed by atoms with van der Waals surface area (Å²) in [6.07, 6.45) is 3.78. The number of nitrogens with zero attached hydrogens (tertiary/aromatic N) is 3. The van der Waals surface area contributed by atoms with Gasteiger partial charge in [-0.05, 0) is 29.3 Å². The first-order chi connectivity index (χ1) is 15.7. The van der Waals surface area contributed by atoms with E-state index in [0.717, 1.165) is 11.3 Å². The van der Waals surface area contributed by atoms with Crippen LogP contribution in [0, 0.1) is 33.5 Å². The molecule has 0 amide bonds. The number of carbonyl (C=O) groups is 2. The van der Waals surface area contributed by atoms with E-state index in [0.29, 0.717) is 11.1 Å². The lowest BCUT2D eigenvalue weighted by Crippen LogP contribution is -2.47. The minimum absolute atomic E-state index is 0.0491. The van der Waals surface area contributed by atoms with Crippen LogP contribution >= 0.6 is 0 Å². The Bertz CT molecular complexity index is 1210. The Morgan fingerprint density at radius 2 is 1.67 bits per heavy atom. The van der Waals surface area contributed by atoms with Crippen molar-refractivity contribution in [3.63, 3.8) is 0 Å². The fourth-order valence-corrected chi connectivity index (χ4v) is 5.00. The predicted molar refractivity (Wildman–Crippen MR) is 124 cm³/mol. The molecule has 6 nitrogen and oxygen atoms in total. The molecule has 0 bridgehead atoms. The molecule has 2 aliphatic rings. The summed E-state index contributed by atoms with van der Waals surface area (Å²) in [4.78, 5) is 27.8. The second-order valence-electron chi connectivity index (χ2n) is 9.51. The number of hydrogen-bond acceptors (Lipinski definition) is 6. The van der Waals surface area contributed by atoms with E-state index in [9.17, 15) is 20.1 Å². The van der Waals surface area contributed by atoms with E-state index in [1.165, 1.54) is 7.11 Å². The van der Waals surface area contributed by atoms with E-state index in [-0.39, 0.29) is 5.78 Å².